The van der Waals surface area contributed by atoms with Gasteiger partial charge in [0.05, 0.1) is 25.7 Å². The fourth-order valence-corrected chi connectivity index (χ4v) is 3.48. The molecule has 23 heavy (non-hydrogen) atoms. The Morgan fingerprint density at radius 1 is 1.17 bits per heavy atom. The van der Waals surface area contributed by atoms with Gasteiger partial charge in [0.2, 0.25) is 0 Å². The van der Waals surface area contributed by atoms with Gasteiger partial charge in [-0.15, -0.1) is 5.10 Å². The summed E-state index contributed by atoms with van der Waals surface area (Å²) in [5.41, 5.74) is 0.733. The van der Waals surface area contributed by atoms with Gasteiger partial charge in [-0.3, -0.25) is 9.59 Å². The Bertz CT molecular complexity index is 643. The summed E-state index contributed by atoms with van der Waals surface area (Å²) in [5.74, 6) is -0.485. The second-order valence-corrected chi connectivity index (χ2v) is 6.24. The van der Waals surface area contributed by atoms with E-state index in [2.05, 4.69) is 14.7 Å². The van der Waals surface area contributed by atoms with Gasteiger partial charge < -0.3 is 19.4 Å². The van der Waals surface area contributed by atoms with Gasteiger partial charge in [-0.1, -0.05) is 9.64 Å². The molecule has 122 valence electrons. The van der Waals surface area contributed by atoms with Crippen LogP contribution in [0.25, 0.3) is 0 Å². The largest absolute Gasteiger partial charge is 0.389 e. The molecule has 1 aromatic heterocycles. The summed E-state index contributed by atoms with van der Waals surface area (Å²) in [6.07, 6.45) is -0.259. The second-order valence-electron chi connectivity index (χ2n) is 5.63. The maximum atomic E-state index is 12.6. The predicted octanol–water partition coefficient (Wildman–Crippen LogP) is -0.776. The van der Waals surface area contributed by atoms with Crippen molar-refractivity contribution in [3.05, 3.63) is 11.1 Å². The van der Waals surface area contributed by atoms with Crippen LogP contribution in [0.4, 0.5) is 0 Å². The summed E-state index contributed by atoms with van der Waals surface area (Å²) in [6, 6.07) is 0. The first kappa shape index (κ1) is 14.5. The molecule has 2 amide bonds. The molecule has 1 aromatic rings. The SMILES string of the molecule is O=C(C1=NO[C@@H]2CN(C(=O)c3csnn3)C[C@H]12)N1CCOCC1. The number of hydrogen-bond acceptors (Lipinski definition) is 8. The van der Waals surface area contributed by atoms with E-state index in [1.807, 2.05) is 0 Å². The van der Waals surface area contributed by atoms with Gasteiger partial charge >= 0.3 is 0 Å². The molecule has 0 radical (unpaired) electrons. The van der Waals surface area contributed by atoms with E-state index >= 15 is 0 Å². The molecule has 0 spiro atoms. The zero-order valence-corrected chi connectivity index (χ0v) is 13.1. The number of aromatic nitrogens is 2. The fourth-order valence-electron chi connectivity index (χ4n) is 3.05. The minimum absolute atomic E-state index is 0.120. The molecule has 9 nitrogen and oxygen atoms in total. The van der Waals surface area contributed by atoms with Crippen molar-refractivity contribution in [3.8, 4) is 0 Å². The molecule has 4 rings (SSSR count). The first-order chi connectivity index (χ1) is 11.2. The van der Waals surface area contributed by atoms with Crippen molar-refractivity contribution < 1.29 is 19.2 Å². The molecular formula is C13H15N5O4S. The normalized spacial score (nSPS) is 26.7. The van der Waals surface area contributed by atoms with Gasteiger partial charge in [0.15, 0.2) is 17.5 Å². The lowest BCUT2D eigenvalue weighted by molar-refractivity contribution is -0.128. The van der Waals surface area contributed by atoms with Crippen molar-refractivity contribution in [2.75, 3.05) is 39.4 Å². The van der Waals surface area contributed by atoms with Gasteiger partial charge in [0.25, 0.3) is 11.8 Å². The van der Waals surface area contributed by atoms with Crippen molar-refractivity contribution in [2.24, 2.45) is 11.1 Å². The molecule has 0 N–H and O–H groups in total. The van der Waals surface area contributed by atoms with Gasteiger partial charge in [0.1, 0.15) is 0 Å². The van der Waals surface area contributed by atoms with Crippen molar-refractivity contribution in [2.45, 2.75) is 6.10 Å². The van der Waals surface area contributed by atoms with Crippen molar-refractivity contribution in [1.82, 2.24) is 19.4 Å². The Morgan fingerprint density at radius 3 is 2.74 bits per heavy atom. The summed E-state index contributed by atoms with van der Waals surface area (Å²) in [4.78, 5) is 33.7. The summed E-state index contributed by atoms with van der Waals surface area (Å²) >= 11 is 1.14. The Labute approximate surface area is 136 Å². The van der Waals surface area contributed by atoms with Crippen LogP contribution >= 0.6 is 11.5 Å². The maximum absolute atomic E-state index is 12.6. The fraction of sp³-hybridized carbons (Fsp3) is 0.615. The van der Waals surface area contributed by atoms with Gasteiger partial charge in [-0.25, -0.2) is 0 Å². The Kier molecular flexibility index (Phi) is 3.69. The lowest BCUT2D eigenvalue weighted by Gasteiger charge is -2.27. The van der Waals surface area contributed by atoms with Crippen LogP contribution in [-0.4, -0.2) is 82.4 Å². The van der Waals surface area contributed by atoms with E-state index in [1.54, 1.807) is 15.2 Å². The maximum Gasteiger partial charge on any atom is 0.275 e. The highest BCUT2D eigenvalue weighted by atomic mass is 32.1. The number of nitrogens with zero attached hydrogens (tertiary/aromatic N) is 5. The van der Waals surface area contributed by atoms with Crippen LogP contribution in [0.15, 0.2) is 10.5 Å². The standard InChI is InChI=1S/C13H15N5O4S/c19-12(9-7-23-16-14-9)18-5-8-10(6-18)22-15-11(8)13(20)17-1-3-21-4-2-17/h7-8,10H,1-6H2/t8-,10+/m0/s1. The first-order valence-electron chi connectivity index (χ1n) is 7.41. The van der Waals surface area contributed by atoms with Crippen LogP contribution in [0, 0.1) is 5.92 Å². The second kappa shape index (κ2) is 5.85. The topological polar surface area (TPSA) is 97.2 Å². The Morgan fingerprint density at radius 2 is 2.00 bits per heavy atom. The molecule has 0 bridgehead atoms. The van der Waals surface area contributed by atoms with Crippen LogP contribution in [-0.2, 0) is 14.4 Å². The average molecular weight is 337 g/mol. The lowest BCUT2D eigenvalue weighted by Crippen LogP contribution is -2.46. The molecule has 2 atom stereocenters. The minimum Gasteiger partial charge on any atom is -0.389 e. The lowest BCUT2D eigenvalue weighted by atomic mass is 10.00. The van der Waals surface area contributed by atoms with Crippen molar-refractivity contribution in [1.29, 1.82) is 0 Å². The number of oxime groups is 1. The number of carbonyl (C=O) groups is 2. The van der Waals surface area contributed by atoms with Gasteiger partial charge in [-0.2, -0.15) is 0 Å². The highest BCUT2D eigenvalue weighted by Crippen LogP contribution is 2.29. The quantitative estimate of drug-likeness (QED) is 0.702. The molecule has 3 aliphatic rings. The first-order valence-corrected chi connectivity index (χ1v) is 8.25. The van der Waals surface area contributed by atoms with Crippen LogP contribution in [0.1, 0.15) is 10.5 Å². The highest BCUT2D eigenvalue weighted by Gasteiger charge is 2.47. The summed E-state index contributed by atoms with van der Waals surface area (Å²) in [5, 5.41) is 9.39. The smallest absolute Gasteiger partial charge is 0.275 e. The third-order valence-electron chi connectivity index (χ3n) is 4.29. The van der Waals surface area contributed by atoms with E-state index in [0.717, 1.165) is 11.5 Å². The third kappa shape index (κ3) is 2.57. The molecule has 2 saturated heterocycles. The number of amides is 2. The van der Waals surface area contributed by atoms with Crippen LogP contribution < -0.4 is 0 Å². The van der Waals surface area contributed by atoms with Crippen LogP contribution in [0.3, 0.4) is 0 Å². The average Bonchev–Trinajstić information content (AvgIpc) is 3.30. The van der Waals surface area contributed by atoms with Crippen LogP contribution in [0.5, 0.6) is 0 Å². The number of likely N-dealkylation sites (tertiary alicyclic amines) is 1. The monoisotopic (exact) mass is 337 g/mol. The Balaban J connectivity index is 1.45. The van der Waals surface area contributed by atoms with E-state index in [-0.39, 0.29) is 23.8 Å². The molecular weight excluding hydrogens is 322 g/mol. The molecule has 0 aliphatic carbocycles. The highest BCUT2D eigenvalue weighted by molar-refractivity contribution is 7.03. The molecule has 0 unspecified atom stereocenters. The van der Waals surface area contributed by atoms with Crippen LogP contribution in [0.2, 0.25) is 0 Å². The number of hydrogen-bond donors (Lipinski definition) is 0. The number of carbonyl (C=O) groups excluding carboxylic acids is 2. The summed E-state index contributed by atoms with van der Waals surface area (Å²) in [6.45, 7) is 3.01. The molecule has 0 aromatic carbocycles. The molecule has 2 fully saturated rings. The van der Waals surface area contributed by atoms with Crippen molar-refractivity contribution >= 4 is 29.1 Å². The van der Waals surface area contributed by atoms with E-state index in [9.17, 15) is 9.59 Å². The van der Waals surface area contributed by atoms with Crippen molar-refractivity contribution in [3.63, 3.8) is 0 Å². The molecule has 0 saturated carbocycles. The van der Waals surface area contributed by atoms with Gasteiger partial charge in [-0.05, 0) is 11.5 Å². The van der Waals surface area contributed by atoms with Gasteiger partial charge in [0, 0.05) is 25.0 Å². The number of ether oxygens (including phenoxy) is 1. The van der Waals surface area contributed by atoms with E-state index in [0.29, 0.717) is 50.8 Å². The van der Waals surface area contributed by atoms with E-state index in [1.165, 1.54) is 0 Å². The Hall–Kier alpha value is -2.07. The predicted molar refractivity (Wildman–Crippen MR) is 79.0 cm³/mol. The van der Waals surface area contributed by atoms with E-state index in [4.69, 9.17) is 9.57 Å². The zero-order chi connectivity index (χ0) is 15.8. The minimum atomic E-state index is -0.259. The number of morpholine rings is 1. The molecule has 10 heteroatoms. The zero-order valence-electron chi connectivity index (χ0n) is 12.3. The number of fused-ring (bicyclic) bond motifs is 1. The summed E-state index contributed by atoms with van der Waals surface area (Å²) < 4.78 is 8.97. The molecule has 4 heterocycles. The summed E-state index contributed by atoms with van der Waals surface area (Å²) in [7, 11) is 0. The van der Waals surface area contributed by atoms with E-state index < -0.39 is 0 Å². The third-order valence-corrected chi connectivity index (χ3v) is 4.79. The molecule has 3 aliphatic heterocycles. The number of rotatable bonds is 2.